The third-order valence-corrected chi connectivity index (χ3v) is 3.71. The number of nitrogens with one attached hydrogen (secondary N) is 3. The predicted molar refractivity (Wildman–Crippen MR) is 95.7 cm³/mol. The molecule has 2 rings (SSSR count). The minimum Gasteiger partial charge on any atom is -0.329 e. The van der Waals surface area contributed by atoms with Crippen LogP contribution >= 0.6 is 15.9 Å². The van der Waals surface area contributed by atoms with E-state index in [2.05, 4.69) is 31.9 Å². The first-order valence-electron chi connectivity index (χ1n) is 7.22. The number of halogens is 2. The fourth-order valence-corrected chi connectivity index (χ4v) is 2.88. The van der Waals surface area contributed by atoms with E-state index in [1.807, 2.05) is 26.0 Å². The van der Waals surface area contributed by atoms with Crippen LogP contribution in [0.4, 0.5) is 20.6 Å². The van der Waals surface area contributed by atoms with Crippen molar-refractivity contribution in [1.29, 1.82) is 0 Å². The predicted octanol–water partition coefficient (Wildman–Crippen LogP) is 3.97. The first-order chi connectivity index (χ1) is 11.3. The zero-order valence-corrected chi connectivity index (χ0v) is 14.8. The van der Waals surface area contributed by atoms with E-state index < -0.39 is 17.8 Å². The lowest BCUT2D eigenvalue weighted by Gasteiger charge is -2.13. The van der Waals surface area contributed by atoms with Gasteiger partial charge in [-0.15, -0.1) is 0 Å². The molecule has 0 saturated carbocycles. The molecular weight excluding hydrogens is 377 g/mol. The van der Waals surface area contributed by atoms with E-state index in [0.29, 0.717) is 11.4 Å². The summed E-state index contributed by atoms with van der Waals surface area (Å²) in [5.41, 5.74) is 2.84. The van der Waals surface area contributed by atoms with Crippen molar-refractivity contribution < 1.29 is 14.0 Å². The third-order valence-electron chi connectivity index (χ3n) is 3.25. The lowest BCUT2D eigenvalue weighted by Crippen LogP contribution is -2.36. The molecule has 3 amide bonds. The van der Waals surface area contributed by atoms with Crippen LogP contribution in [0.3, 0.4) is 0 Å². The molecule has 0 fully saturated rings. The molecule has 24 heavy (non-hydrogen) atoms. The van der Waals surface area contributed by atoms with Crippen LogP contribution in [0, 0.1) is 19.7 Å². The highest BCUT2D eigenvalue weighted by atomic mass is 79.9. The van der Waals surface area contributed by atoms with Crippen LogP contribution < -0.4 is 16.0 Å². The summed E-state index contributed by atoms with van der Waals surface area (Å²) in [5, 5.41) is 7.70. The van der Waals surface area contributed by atoms with Crippen molar-refractivity contribution in [1.82, 2.24) is 5.32 Å². The van der Waals surface area contributed by atoms with Crippen molar-refractivity contribution in [3.05, 3.63) is 57.8 Å². The van der Waals surface area contributed by atoms with Crippen molar-refractivity contribution in [3.8, 4) is 0 Å². The average molecular weight is 394 g/mol. The first kappa shape index (κ1) is 17.9. The first-order valence-corrected chi connectivity index (χ1v) is 8.01. The molecule has 126 valence electrons. The second-order valence-corrected chi connectivity index (χ2v) is 6.20. The Morgan fingerprint density at radius 2 is 1.75 bits per heavy atom. The molecule has 0 spiro atoms. The maximum atomic E-state index is 13.0. The summed E-state index contributed by atoms with van der Waals surface area (Å²) >= 11 is 3.39. The van der Waals surface area contributed by atoms with Gasteiger partial charge in [0.2, 0.25) is 5.91 Å². The molecule has 0 bridgehead atoms. The van der Waals surface area contributed by atoms with Gasteiger partial charge in [0.15, 0.2) is 0 Å². The fourth-order valence-electron chi connectivity index (χ4n) is 2.20. The van der Waals surface area contributed by atoms with Gasteiger partial charge in [0.05, 0.1) is 6.54 Å². The SMILES string of the molecule is Cc1cc(Br)cc(C)c1NC(=O)NCC(=O)Nc1cccc(F)c1. The molecule has 0 unspecified atom stereocenters. The Morgan fingerprint density at radius 3 is 2.38 bits per heavy atom. The van der Waals surface area contributed by atoms with E-state index in [-0.39, 0.29) is 6.54 Å². The maximum absolute atomic E-state index is 13.0. The summed E-state index contributed by atoms with van der Waals surface area (Å²) in [4.78, 5) is 23.7. The minimum atomic E-state index is -0.488. The Kier molecular flexibility index (Phi) is 5.92. The van der Waals surface area contributed by atoms with Crippen molar-refractivity contribution in [2.45, 2.75) is 13.8 Å². The second kappa shape index (κ2) is 7.92. The molecule has 0 aromatic heterocycles. The van der Waals surface area contributed by atoms with Crippen LogP contribution in [0.2, 0.25) is 0 Å². The monoisotopic (exact) mass is 393 g/mol. The van der Waals surface area contributed by atoms with Gasteiger partial charge in [0.1, 0.15) is 5.82 Å². The summed E-state index contributed by atoms with van der Waals surface area (Å²) in [7, 11) is 0. The Hall–Kier alpha value is -2.41. The van der Waals surface area contributed by atoms with Gasteiger partial charge >= 0.3 is 6.03 Å². The van der Waals surface area contributed by atoms with Gasteiger partial charge in [0.25, 0.3) is 0 Å². The van der Waals surface area contributed by atoms with E-state index >= 15 is 0 Å². The van der Waals surface area contributed by atoms with Gasteiger partial charge in [-0.25, -0.2) is 9.18 Å². The number of carbonyl (C=O) groups excluding carboxylic acids is 2. The Morgan fingerprint density at radius 1 is 1.08 bits per heavy atom. The number of amides is 3. The van der Waals surface area contributed by atoms with E-state index in [1.165, 1.54) is 18.2 Å². The lowest BCUT2D eigenvalue weighted by molar-refractivity contribution is -0.115. The van der Waals surface area contributed by atoms with Crippen LogP contribution in [0.15, 0.2) is 40.9 Å². The molecule has 0 saturated heterocycles. The maximum Gasteiger partial charge on any atom is 0.319 e. The Balaban J connectivity index is 1.88. The van der Waals surface area contributed by atoms with E-state index in [1.54, 1.807) is 6.07 Å². The number of aryl methyl sites for hydroxylation is 2. The van der Waals surface area contributed by atoms with Crippen LogP contribution in [-0.2, 0) is 4.79 Å². The van der Waals surface area contributed by atoms with E-state index in [0.717, 1.165) is 15.6 Å². The highest BCUT2D eigenvalue weighted by Crippen LogP contribution is 2.24. The van der Waals surface area contributed by atoms with Crippen LogP contribution in [0.25, 0.3) is 0 Å². The number of urea groups is 1. The van der Waals surface area contributed by atoms with Crippen molar-refractivity contribution in [3.63, 3.8) is 0 Å². The van der Waals surface area contributed by atoms with Crippen molar-refractivity contribution >= 4 is 39.2 Å². The van der Waals surface area contributed by atoms with Crippen LogP contribution in [0.5, 0.6) is 0 Å². The summed E-state index contributed by atoms with van der Waals surface area (Å²) in [6.07, 6.45) is 0. The van der Waals surface area contributed by atoms with Gasteiger partial charge in [0, 0.05) is 15.8 Å². The van der Waals surface area contributed by atoms with Crippen LogP contribution in [0.1, 0.15) is 11.1 Å². The van der Waals surface area contributed by atoms with Gasteiger partial charge in [-0.05, 0) is 55.3 Å². The number of anilines is 2. The molecule has 5 nitrogen and oxygen atoms in total. The molecule has 7 heteroatoms. The number of benzene rings is 2. The zero-order valence-electron chi connectivity index (χ0n) is 13.2. The van der Waals surface area contributed by atoms with Crippen molar-refractivity contribution in [2.75, 3.05) is 17.2 Å². The molecule has 0 aliphatic heterocycles. The van der Waals surface area contributed by atoms with Gasteiger partial charge < -0.3 is 16.0 Å². The summed E-state index contributed by atoms with van der Waals surface area (Å²) in [5.74, 6) is -0.889. The molecule has 2 aromatic carbocycles. The topological polar surface area (TPSA) is 70.2 Å². The third kappa shape index (κ3) is 5.06. The molecule has 0 heterocycles. The largest absolute Gasteiger partial charge is 0.329 e. The van der Waals surface area contributed by atoms with Crippen LogP contribution in [-0.4, -0.2) is 18.5 Å². The molecule has 0 radical (unpaired) electrons. The average Bonchev–Trinajstić information content (AvgIpc) is 2.49. The van der Waals surface area contributed by atoms with Gasteiger partial charge in [-0.2, -0.15) is 0 Å². The number of hydrogen-bond acceptors (Lipinski definition) is 2. The molecule has 3 N–H and O–H groups in total. The zero-order chi connectivity index (χ0) is 17.7. The van der Waals surface area contributed by atoms with E-state index in [4.69, 9.17) is 0 Å². The number of rotatable bonds is 4. The Labute approximate surface area is 147 Å². The highest BCUT2D eigenvalue weighted by Gasteiger charge is 2.10. The van der Waals surface area contributed by atoms with E-state index in [9.17, 15) is 14.0 Å². The number of carbonyl (C=O) groups is 2. The molecular formula is C17H17BrFN3O2. The quantitative estimate of drug-likeness (QED) is 0.735. The highest BCUT2D eigenvalue weighted by molar-refractivity contribution is 9.10. The standard InChI is InChI=1S/C17H17BrFN3O2/c1-10-6-12(18)7-11(2)16(10)22-17(24)20-9-15(23)21-14-5-3-4-13(19)8-14/h3-8H,9H2,1-2H3,(H,21,23)(H2,20,22,24). The lowest BCUT2D eigenvalue weighted by atomic mass is 10.1. The number of hydrogen-bond donors (Lipinski definition) is 3. The Bertz CT molecular complexity index is 757. The second-order valence-electron chi connectivity index (χ2n) is 5.28. The fraction of sp³-hybridized carbons (Fsp3) is 0.176. The normalized spacial score (nSPS) is 10.2. The van der Waals surface area contributed by atoms with Gasteiger partial charge in [-0.1, -0.05) is 22.0 Å². The minimum absolute atomic E-state index is 0.225. The summed E-state index contributed by atoms with van der Waals surface area (Å²) < 4.78 is 14.0. The summed E-state index contributed by atoms with van der Waals surface area (Å²) in [6.45, 7) is 3.53. The summed E-state index contributed by atoms with van der Waals surface area (Å²) in [6, 6.07) is 8.83. The molecule has 2 aromatic rings. The van der Waals surface area contributed by atoms with Gasteiger partial charge in [-0.3, -0.25) is 4.79 Å². The molecule has 0 aliphatic rings. The smallest absolute Gasteiger partial charge is 0.319 e. The van der Waals surface area contributed by atoms with Crippen molar-refractivity contribution in [2.24, 2.45) is 0 Å². The molecule has 0 aliphatic carbocycles. The molecule has 0 atom stereocenters.